The number of nitrogens with zero attached hydrogens (tertiary/aromatic N) is 1. The van der Waals surface area contributed by atoms with Crippen LogP contribution in [0.4, 0.5) is 0 Å². The highest BCUT2D eigenvalue weighted by atomic mass is 32.2. The molecule has 0 radical (unpaired) electrons. The van der Waals surface area contributed by atoms with Crippen molar-refractivity contribution in [2.24, 2.45) is 0 Å². The molecule has 2 unspecified atom stereocenters. The number of thioether (sulfide) groups is 1. The van der Waals surface area contributed by atoms with Crippen LogP contribution in [-0.4, -0.2) is 40.1 Å². The van der Waals surface area contributed by atoms with Crippen molar-refractivity contribution in [2.45, 2.75) is 25.1 Å². The lowest BCUT2D eigenvalue weighted by Gasteiger charge is -2.34. The van der Waals surface area contributed by atoms with Gasteiger partial charge in [0.15, 0.2) is 0 Å². The number of hydrogen-bond donors (Lipinski definition) is 1. The summed E-state index contributed by atoms with van der Waals surface area (Å²) in [6.45, 7) is 4.82. The molecule has 0 aliphatic carbocycles. The summed E-state index contributed by atoms with van der Waals surface area (Å²) in [7, 11) is 0. The molecular formula is C8H15NOS2. The molecule has 1 aliphatic rings. The molecule has 2 nitrogen and oxygen atoms in total. The van der Waals surface area contributed by atoms with E-state index >= 15 is 0 Å². The largest absolute Gasteiger partial charge is 0.337 e. The van der Waals surface area contributed by atoms with Crippen LogP contribution in [0.15, 0.2) is 0 Å². The Morgan fingerprint density at radius 1 is 1.75 bits per heavy atom. The smallest absolute Gasteiger partial charge is 0.235 e. The fourth-order valence-electron chi connectivity index (χ4n) is 1.29. The summed E-state index contributed by atoms with van der Waals surface area (Å²) >= 11 is 6.06. The molecule has 1 heterocycles. The summed E-state index contributed by atoms with van der Waals surface area (Å²) in [4.78, 5) is 13.5. The van der Waals surface area contributed by atoms with Gasteiger partial charge in [-0.2, -0.15) is 24.4 Å². The van der Waals surface area contributed by atoms with Gasteiger partial charge in [-0.1, -0.05) is 0 Å². The van der Waals surface area contributed by atoms with Crippen molar-refractivity contribution in [3.8, 4) is 0 Å². The number of amides is 1. The van der Waals surface area contributed by atoms with Gasteiger partial charge in [0.25, 0.3) is 0 Å². The molecule has 0 aromatic carbocycles. The van der Waals surface area contributed by atoms with Crippen LogP contribution in [0, 0.1) is 0 Å². The summed E-state index contributed by atoms with van der Waals surface area (Å²) < 4.78 is 0. The molecule has 2 atom stereocenters. The van der Waals surface area contributed by atoms with Crippen LogP contribution in [0.2, 0.25) is 0 Å². The fraction of sp³-hybridized carbons (Fsp3) is 0.875. The monoisotopic (exact) mass is 205 g/mol. The predicted octanol–water partition coefficient (Wildman–Crippen LogP) is 1.27. The zero-order valence-electron chi connectivity index (χ0n) is 7.49. The second-order valence-corrected chi connectivity index (χ2v) is 5.06. The third-order valence-electron chi connectivity index (χ3n) is 2.01. The van der Waals surface area contributed by atoms with Gasteiger partial charge < -0.3 is 4.90 Å². The third kappa shape index (κ3) is 2.33. The first-order valence-corrected chi connectivity index (χ1v) is 5.86. The van der Waals surface area contributed by atoms with E-state index in [1.54, 1.807) is 0 Å². The summed E-state index contributed by atoms with van der Waals surface area (Å²) in [5.74, 6) is 2.30. The van der Waals surface area contributed by atoms with Gasteiger partial charge in [0.05, 0.1) is 5.25 Å². The minimum atomic E-state index is -0.157. The number of carbonyl (C=O) groups is 1. The number of hydrogen-bond acceptors (Lipinski definition) is 3. The molecule has 0 N–H and O–H groups in total. The zero-order valence-corrected chi connectivity index (χ0v) is 9.20. The van der Waals surface area contributed by atoms with Crippen molar-refractivity contribution < 1.29 is 4.79 Å². The van der Waals surface area contributed by atoms with Crippen molar-refractivity contribution in [1.29, 1.82) is 0 Å². The summed E-state index contributed by atoms with van der Waals surface area (Å²) in [5.41, 5.74) is 0. The molecule has 12 heavy (non-hydrogen) atoms. The highest BCUT2D eigenvalue weighted by Gasteiger charge is 2.25. The molecule has 0 aromatic rings. The van der Waals surface area contributed by atoms with E-state index in [4.69, 9.17) is 0 Å². The van der Waals surface area contributed by atoms with Gasteiger partial charge in [0, 0.05) is 24.1 Å². The van der Waals surface area contributed by atoms with E-state index in [2.05, 4.69) is 19.6 Å². The van der Waals surface area contributed by atoms with Gasteiger partial charge in [-0.25, -0.2) is 0 Å². The van der Waals surface area contributed by atoms with E-state index in [0.717, 1.165) is 18.1 Å². The van der Waals surface area contributed by atoms with E-state index in [9.17, 15) is 4.79 Å². The Bertz CT molecular complexity index is 172. The molecule has 1 amide bonds. The van der Waals surface area contributed by atoms with Crippen LogP contribution in [0.5, 0.6) is 0 Å². The Kier molecular flexibility index (Phi) is 3.77. The molecule has 0 aromatic heterocycles. The number of carbonyl (C=O) groups excluding carboxylic acids is 1. The molecular weight excluding hydrogens is 190 g/mol. The highest BCUT2D eigenvalue weighted by Crippen LogP contribution is 2.17. The van der Waals surface area contributed by atoms with Crippen molar-refractivity contribution >= 4 is 30.3 Å². The Morgan fingerprint density at radius 3 is 2.92 bits per heavy atom. The van der Waals surface area contributed by atoms with Gasteiger partial charge >= 0.3 is 0 Å². The summed E-state index contributed by atoms with van der Waals surface area (Å²) in [6, 6.07) is 0.380. The van der Waals surface area contributed by atoms with Crippen molar-refractivity contribution in [3.05, 3.63) is 0 Å². The van der Waals surface area contributed by atoms with E-state index < -0.39 is 0 Å². The Hall–Kier alpha value is 0.170. The molecule has 1 aliphatic heterocycles. The fourth-order valence-corrected chi connectivity index (χ4v) is 2.46. The maximum atomic E-state index is 11.5. The Balaban J connectivity index is 2.53. The first-order chi connectivity index (χ1) is 5.63. The molecule has 1 saturated heterocycles. The maximum Gasteiger partial charge on any atom is 0.235 e. The lowest BCUT2D eigenvalue weighted by molar-refractivity contribution is -0.131. The zero-order chi connectivity index (χ0) is 9.14. The van der Waals surface area contributed by atoms with Gasteiger partial charge in [-0.05, 0) is 13.8 Å². The van der Waals surface area contributed by atoms with Crippen molar-refractivity contribution in [3.63, 3.8) is 0 Å². The van der Waals surface area contributed by atoms with Crippen LogP contribution < -0.4 is 0 Å². The first-order valence-electron chi connectivity index (χ1n) is 4.19. The third-order valence-corrected chi connectivity index (χ3v) is 3.42. The van der Waals surface area contributed by atoms with E-state index in [-0.39, 0.29) is 11.2 Å². The second kappa shape index (κ2) is 4.42. The van der Waals surface area contributed by atoms with Crippen LogP contribution >= 0.6 is 24.4 Å². The van der Waals surface area contributed by atoms with Gasteiger partial charge in [-0.3, -0.25) is 4.79 Å². The topological polar surface area (TPSA) is 20.3 Å². The minimum Gasteiger partial charge on any atom is -0.337 e. The van der Waals surface area contributed by atoms with E-state index in [1.165, 1.54) is 0 Å². The average Bonchev–Trinajstić information content (AvgIpc) is 2.04. The Morgan fingerprint density at radius 2 is 2.42 bits per heavy atom. The SMILES string of the molecule is CC(S)C(=O)N1CCSCC1C. The molecule has 1 fully saturated rings. The average molecular weight is 205 g/mol. The predicted molar refractivity (Wildman–Crippen MR) is 56.9 cm³/mol. The first kappa shape index (κ1) is 10.3. The van der Waals surface area contributed by atoms with Gasteiger partial charge in [0.1, 0.15) is 0 Å². The summed E-state index contributed by atoms with van der Waals surface area (Å²) in [5, 5.41) is -0.157. The van der Waals surface area contributed by atoms with Crippen molar-refractivity contribution in [1.82, 2.24) is 4.90 Å². The van der Waals surface area contributed by atoms with Gasteiger partial charge in [-0.15, -0.1) is 0 Å². The molecule has 70 valence electrons. The Labute approximate surface area is 83.5 Å². The standard InChI is InChI=1S/C8H15NOS2/c1-6-5-12-4-3-9(6)8(10)7(2)11/h6-7,11H,3-5H2,1-2H3. The quantitative estimate of drug-likeness (QED) is 0.651. The van der Waals surface area contributed by atoms with Gasteiger partial charge in [0.2, 0.25) is 5.91 Å². The molecule has 0 saturated carbocycles. The van der Waals surface area contributed by atoms with E-state index in [0.29, 0.717) is 6.04 Å². The molecule has 4 heteroatoms. The molecule has 0 bridgehead atoms. The highest BCUT2D eigenvalue weighted by molar-refractivity contribution is 7.99. The van der Waals surface area contributed by atoms with Crippen molar-refractivity contribution in [2.75, 3.05) is 18.1 Å². The summed E-state index contributed by atoms with van der Waals surface area (Å²) in [6.07, 6.45) is 0. The van der Waals surface area contributed by atoms with Crippen LogP contribution in [-0.2, 0) is 4.79 Å². The maximum absolute atomic E-state index is 11.5. The molecule has 1 rings (SSSR count). The van der Waals surface area contributed by atoms with Crippen LogP contribution in [0.3, 0.4) is 0 Å². The van der Waals surface area contributed by atoms with E-state index in [1.807, 2.05) is 23.6 Å². The van der Waals surface area contributed by atoms with Crippen LogP contribution in [0.1, 0.15) is 13.8 Å². The second-order valence-electron chi connectivity index (χ2n) is 3.13. The lowest BCUT2D eigenvalue weighted by Crippen LogP contribution is -2.47. The number of thiol groups is 1. The minimum absolute atomic E-state index is 0.157. The molecule has 0 spiro atoms. The number of rotatable bonds is 1. The van der Waals surface area contributed by atoms with Crippen LogP contribution in [0.25, 0.3) is 0 Å². The lowest BCUT2D eigenvalue weighted by atomic mass is 10.2. The normalized spacial score (nSPS) is 26.9.